The van der Waals surface area contributed by atoms with Crippen LogP contribution >= 0.6 is 0 Å². The highest BCUT2D eigenvalue weighted by Crippen LogP contribution is 2.24. The minimum Gasteiger partial charge on any atom is -0.490 e. The molecule has 1 heterocycles. The third-order valence-corrected chi connectivity index (χ3v) is 4.17. The van der Waals surface area contributed by atoms with Gasteiger partial charge in [0.2, 0.25) is 0 Å². The topological polar surface area (TPSA) is 76.2 Å². The molecule has 3 rings (SSSR count). The second-order valence-corrected chi connectivity index (χ2v) is 6.54. The van der Waals surface area contributed by atoms with E-state index in [1.54, 1.807) is 18.2 Å². The fourth-order valence-electron chi connectivity index (χ4n) is 2.98. The maximum absolute atomic E-state index is 12.7. The van der Waals surface area contributed by atoms with Gasteiger partial charge in [0.15, 0.2) is 5.82 Å². The molecular weight excluding hydrogens is 354 g/mol. The lowest BCUT2D eigenvalue weighted by Gasteiger charge is -2.10. The van der Waals surface area contributed by atoms with Gasteiger partial charge in [-0.15, -0.1) is 0 Å². The summed E-state index contributed by atoms with van der Waals surface area (Å²) in [4.78, 5) is 12.7. The van der Waals surface area contributed by atoms with Gasteiger partial charge in [-0.05, 0) is 45.0 Å². The summed E-state index contributed by atoms with van der Waals surface area (Å²) in [5.41, 5.74) is 4.69. The predicted molar refractivity (Wildman–Crippen MR) is 110 cm³/mol. The summed E-state index contributed by atoms with van der Waals surface area (Å²) in [6, 6.07) is 15.2. The molecule has 3 aromatic rings. The van der Waals surface area contributed by atoms with Crippen molar-refractivity contribution in [2.45, 2.75) is 20.8 Å². The first-order valence-electron chi connectivity index (χ1n) is 9.32. The number of carbonyl (C=O) groups is 1. The van der Waals surface area contributed by atoms with Crippen molar-refractivity contribution in [1.82, 2.24) is 10.2 Å². The van der Waals surface area contributed by atoms with E-state index in [1.165, 1.54) is 11.1 Å². The van der Waals surface area contributed by atoms with Crippen LogP contribution in [0.25, 0.3) is 11.3 Å². The van der Waals surface area contributed by atoms with Crippen molar-refractivity contribution in [2.24, 2.45) is 0 Å². The first-order valence-corrected chi connectivity index (χ1v) is 9.32. The summed E-state index contributed by atoms with van der Waals surface area (Å²) in [5, 5.41) is 10.0. The summed E-state index contributed by atoms with van der Waals surface area (Å²) in [6.45, 7) is 7.53. The van der Waals surface area contributed by atoms with E-state index < -0.39 is 0 Å². The molecule has 0 aliphatic carbocycles. The van der Waals surface area contributed by atoms with E-state index in [9.17, 15) is 4.79 Å². The number of hydrogen-bond donors (Lipinski definition) is 2. The molecule has 0 unspecified atom stereocenters. The van der Waals surface area contributed by atoms with Gasteiger partial charge in [-0.2, -0.15) is 5.10 Å². The van der Waals surface area contributed by atoms with Crippen molar-refractivity contribution in [1.29, 1.82) is 0 Å². The number of aromatic nitrogens is 2. The Bertz CT molecular complexity index is 929. The first kappa shape index (κ1) is 19.6. The van der Waals surface area contributed by atoms with Crippen LogP contribution in [0.1, 0.15) is 28.4 Å². The van der Waals surface area contributed by atoms with Gasteiger partial charge < -0.3 is 14.8 Å². The van der Waals surface area contributed by atoms with Gasteiger partial charge in [0.25, 0.3) is 5.91 Å². The lowest BCUT2D eigenvalue weighted by atomic mass is 10.1. The largest absolute Gasteiger partial charge is 0.490 e. The number of aryl methyl sites for hydroxylation is 2. The number of ether oxygens (including phenoxy) is 2. The van der Waals surface area contributed by atoms with E-state index in [4.69, 9.17) is 9.47 Å². The number of anilines is 1. The molecule has 2 N–H and O–H groups in total. The number of rotatable bonds is 8. The Morgan fingerprint density at radius 2 is 1.82 bits per heavy atom. The number of nitrogens with one attached hydrogen (secondary N) is 2. The first-order chi connectivity index (χ1) is 13.6. The molecule has 0 fully saturated rings. The fraction of sp³-hybridized carbons (Fsp3) is 0.273. The van der Waals surface area contributed by atoms with Crippen LogP contribution in [0.5, 0.6) is 5.75 Å². The Hall–Kier alpha value is -3.12. The zero-order valence-corrected chi connectivity index (χ0v) is 16.4. The van der Waals surface area contributed by atoms with Gasteiger partial charge in [0, 0.05) is 18.2 Å². The van der Waals surface area contributed by atoms with Crippen LogP contribution in [0.3, 0.4) is 0 Å². The molecule has 1 aromatic heterocycles. The molecule has 6 nitrogen and oxygen atoms in total. The predicted octanol–water partition coefficient (Wildman–Crippen LogP) is 4.36. The molecule has 6 heteroatoms. The highest BCUT2D eigenvalue weighted by Gasteiger charge is 2.14. The number of amides is 1. The van der Waals surface area contributed by atoms with Gasteiger partial charge in [-0.1, -0.05) is 29.3 Å². The average Bonchev–Trinajstić information content (AvgIpc) is 3.13. The normalized spacial score (nSPS) is 10.7. The Morgan fingerprint density at radius 3 is 2.57 bits per heavy atom. The zero-order valence-electron chi connectivity index (χ0n) is 16.4. The molecule has 0 saturated heterocycles. The number of carbonyl (C=O) groups excluding carboxylic acids is 1. The number of H-pyrrole nitrogens is 1. The number of hydrogen-bond acceptors (Lipinski definition) is 4. The Morgan fingerprint density at radius 1 is 1.07 bits per heavy atom. The molecule has 0 aliphatic rings. The quantitative estimate of drug-likeness (QED) is 0.570. The van der Waals surface area contributed by atoms with E-state index in [0.29, 0.717) is 37.0 Å². The molecule has 0 atom stereocenters. The molecule has 0 spiro atoms. The maximum atomic E-state index is 12.7. The highest BCUT2D eigenvalue weighted by molar-refractivity contribution is 6.05. The van der Waals surface area contributed by atoms with Crippen molar-refractivity contribution < 1.29 is 14.3 Å². The van der Waals surface area contributed by atoms with Crippen molar-refractivity contribution in [3.8, 4) is 17.0 Å². The molecular formula is C22H25N3O3. The van der Waals surface area contributed by atoms with E-state index in [0.717, 1.165) is 11.3 Å². The van der Waals surface area contributed by atoms with Crippen LogP contribution in [-0.4, -0.2) is 35.9 Å². The summed E-state index contributed by atoms with van der Waals surface area (Å²) in [5.74, 6) is 0.707. The molecule has 0 radical (unpaired) electrons. The smallest absolute Gasteiger partial charge is 0.260 e. The van der Waals surface area contributed by atoms with Crippen LogP contribution < -0.4 is 10.1 Å². The maximum Gasteiger partial charge on any atom is 0.260 e. The van der Waals surface area contributed by atoms with Crippen LogP contribution in [0.4, 0.5) is 5.82 Å². The third kappa shape index (κ3) is 4.98. The average molecular weight is 379 g/mol. The lowest BCUT2D eigenvalue weighted by Crippen LogP contribution is -2.15. The van der Waals surface area contributed by atoms with Gasteiger partial charge >= 0.3 is 0 Å². The highest BCUT2D eigenvalue weighted by atomic mass is 16.5. The zero-order chi connectivity index (χ0) is 19.9. The molecule has 146 valence electrons. The lowest BCUT2D eigenvalue weighted by molar-refractivity contribution is 0.0997. The number of para-hydroxylation sites is 1. The molecule has 1 amide bonds. The standard InChI is InChI=1S/C22H25N3O3/c1-4-27-9-10-28-20-8-6-5-7-18(20)22(26)23-21-14-19(24-25-21)17-12-15(2)11-16(3)13-17/h5-8,11-14H,4,9-10H2,1-3H3,(H2,23,24,25,26). The summed E-state index contributed by atoms with van der Waals surface area (Å²) >= 11 is 0. The SMILES string of the molecule is CCOCCOc1ccccc1C(=O)Nc1cc(-c2cc(C)cc(C)c2)[nH]n1. The van der Waals surface area contributed by atoms with Crippen molar-refractivity contribution in [3.05, 3.63) is 65.2 Å². The van der Waals surface area contributed by atoms with Gasteiger partial charge in [-0.25, -0.2) is 0 Å². The summed E-state index contributed by atoms with van der Waals surface area (Å²) in [7, 11) is 0. The van der Waals surface area contributed by atoms with Crippen LogP contribution in [0.2, 0.25) is 0 Å². The van der Waals surface area contributed by atoms with E-state index in [2.05, 4.69) is 47.6 Å². The van der Waals surface area contributed by atoms with Crippen molar-refractivity contribution in [3.63, 3.8) is 0 Å². The summed E-state index contributed by atoms with van der Waals surface area (Å²) < 4.78 is 11.0. The monoisotopic (exact) mass is 379 g/mol. The van der Waals surface area contributed by atoms with Crippen LogP contribution in [0.15, 0.2) is 48.5 Å². The molecule has 0 saturated carbocycles. The second-order valence-electron chi connectivity index (χ2n) is 6.54. The minimum atomic E-state index is -0.273. The molecule has 0 aliphatic heterocycles. The number of benzene rings is 2. The third-order valence-electron chi connectivity index (χ3n) is 4.17. The Labute approximate surface area is 164 Å². The molecule has 28 heavy (non-hydrogen) atoms. The van der Waals surface area contributed by atoms with E-state index >= 15 is 0 Å². The Balaban J connectivity index is 1.71. The van der Waals surface area contributed by atoms with Gasteiger partial charge in [-0.3, -0.25) is 9.89 Å². The van der Waals surface area contributed by atoms with Crippen LogP contribution in [0, 0.1) is 13.8 Å². The molecule has 0 bridgehead atoms. The van der Waals surface area contributed by atoms with Gasteiger partial charge in [0.05, 0.1) is 17.9 Å². The molecule has 2 aromatic carbocycles. The number of aromatic amines is 1. The van der Waals surface area contributed by atoms with E-state index in [-0.39, 0.29) is 5.91 Å². The van der Waals surface area contributed by atoms with Crippen molar-refractivity contribution in [2.75, 3.05) is 25.1 Å². The minimum absolute atomic E-state index is 0.273. The number of nitrogens with zero attached hydrogens (tertiary/aromatic N) is 1. The second kappa shape index (κ2) is 9.19. The van der Waals surface area contributed by atoms with Gasteiger partial charge in [0.1, 0.15) is 12.4 Å². The van der Waals surface area contributed by atoms with Crippen LogP contribution in [-0.2, 0) is 4.74 Å². The Kier molecular flexibility index (Phi) is 6.45. The van der Waals surface area contributed by atoms with E-state index in [1.807, 2.05) is 19.1 Å². The fourth-order valence-corrected chi connectivity index (χ4v) is 2.98. The summed E-state index contributed by atoms with van der Waals surface area (Å²) in [6.07, 6.45) is 0. The van der Waals surface area contributed by atoms with Crippen molar-refractivity contribution >= 4 is 11.7 Å².